The van der Waals surface area contributed by atoms with Crippen molar-refractivity contribution in [3.8, 4) is 0 Å². The third kappa shape index (κ3) is 4.41. The molecule has 2 aromatic rings. The highest BCUT2D eigenvalue weighted by molar-refractivity contribution is 6.04. The molecule has 0 saturated carbocycles. The highest BCUT2D eigenvalue weighted by atomic mass is 16.2. The monoisotopic (exact) mass is 325 g/mol. The van der Waals surface area contributed by atoms with Crippen molar-refractivity contribution in [1.82, 2.24) is 10.3 Å². The van der Waals surface area contributed by atoms with Crippen LogP contribution >= 0.6 is 0 Å². The number of benzene rings is 1. The summed E-state index contributed by atoms with van der Waals surface area (Å²) in [7, 11) is 0. The molecule has 0 aliphatic carbocycles. The zero-order valence-electron chi connectivity index (χ0n) is 14.3. The van der Waals surface area contributed by atoms with Gasteiger partial charge in [0.25, 0.3) is 11.8 Å². The molecule has 2 rings (SSSR count). The van der Waals surface area contributed by atoms with Crippen molar-refractivity contribution in [2.75, 3.05) is 5.32 Å². The number of hydrogen-bond acceptors (Lipinski definition) is 3. The highest BCUT2D eigenvalue weighted by Gasteiger charge is 2.14. The number of anilines is 1. The molecule has 0 aliphatic rings. The second kappa shape index (κ2) is 8.24. The number of carbonyl (C=O) groups is 2. The molecule has 0 saturated heterocycles. The zero-order chi connectivity index (χ0) is 17.5. The molecule has 0 bridgehead atoms. The van der Waals surface area contributed by atoms with Gasteiger partial charge in [-0.05, 0) is 43.5 Å². The van der Waals surface area contributed by atoms with Crippen LogP contribution in [0.3, 0.4) is 0 Å². The smallest absolute Gasteiger partial charge is 0.274 e. The van der Waals surface area contributed by atoms with Gasteiger partial charge in [-0.15, -0.1) is 0 Å². The number of hydrogen-bond donors (Lipinski definition) is 2. The van der Waals surface area contributed by atoms with Crippen LogP contribution in [0, 0.1) is 0 Å². The molecule has 5 heteroatoms. The number of para-hydroxylation sites is 1. The molecule has 5 nitrogen and oxygen atoms in total. The summed E-state index contributed by atoms with van der Waals surface area (Å²) in [4.78, 5) is 28.8. The minimum absolute atomic E-state index is 0.0632. The lowest BCUT2D eigenvalue weighted by atomic mass is 10.1. The lowest BCUT2D eigenvalue weighted by Crippen LogP contribution is -2.32. The van der Waals surface area contributed by atoms with Gasteiger partial charge in [-0.25, -0.2) is 4.98 Å². The van der Waals surface area contributed by atoms with Gasteiger partial charge in [0.1, 0.15) is 11.4 Å². The largest absolute Gasteiger partial charge is 0.348 e. The standard InChI is InChI=1S/C19H23N3O2/c1-4-13(3)20-18(23)16-11-8-12-17(21-16)19(24)22-15-10-7-6-9-14(15)5-2/h6-13H,4-5H2,1-3H3,(H,20,23)(H,22,24). The minimum Gasteiger partial charge on any atom is -0.348 e. The number of nitrogens with one attached hydrogen (secondary N) is 2. The molecule has 1 aromatic carbocycles. The predicted molar refractivity (Wildman–Crippen MR) is 95.2 cm³/mol. The van der Waals surface area contributed by atoms with Gasteiger partial charge in [-0.2, -0.15) is 0 Å². The Labute approximate surface area is 142 Å². The van der Waals surface area contributed by atoms with Crippen LogP contribution in [0.1, 0.15) is 53.7 Å². The normalized spacial score (nSPS) is 11.6. The Balaban J connectivity index is 2.16. The Hall–Kier alpha value is -2.69. The number of rotatable bonds is 6. The van der Waals surface area contributed by atoms with E-state index in [1.54, 1.807) is 18.2 Å². The van der Waals surface area contributed by atoms with Crippen LogP contribution in [-0.4, -0.2) is 22.8 Å². The van der Waals surface area contributed by atoms with E-state index in [4.69, 9.17) is 0 Å². The predicted octanol–water partition coefficient (Wildman–Crippen LogP) is 3.42. The van der Waals surface area contributed by atoms with E-state index in [0.29, 0.717) is 0 Å². The SMILES string of the molecule is CCc1ccccc1NC(=O)c1cccc(C(=O)NC(C)CC)n1. The summed E-state index contributed by atoms with van der Waals surface area (Å²) in [6.45, 7) is 5.95. The van der Waals surface area contributed by atoms with E-state index in [9.17, 15) is 9.59 Å². The Bertz CT molecular complexity index is 728. The fourth-order valence-corrected chi connectivity index (χ4v) is 2.22. The van der Waals surface area contributed by atoms with E-state index in [1.165, 1.54) is 0 Å². The molecule has 2 N–H and O–H groups in total. The highest BCUT2D eigenvalue weighted by Crippen LogP contribution is 2.16. The van der Waals surface area contributed by atoms with Crippen LogP contribution in [0.15, 0.2) is 42.5 Å². The first kappa shape index (κ1) is 17.7. The number of pyridine rings is 1. The summed E-state index contributed by atoms with van der Waals surface area (Å²) >= 11 is 0. The first-order valence-corrected chi connectivity index (χ1v) is 8.22. The summed E-state index contributed by atoms with van der Waals surface area (Å²) < 4.78 is 0. The fourth-order valence-electron chi connectivity index (χ4n) is 2.22. The van der Waals surface area contributed by atoms with Crippen molar-refractivity contribution in [2.45, 2.75) is 39.7 Å². The van der Waals surface area contributed by atoms with E-state index < -0.39 is 0 Å². The number of aromatic nitrogens is 1. The van der Waals surface area contributed by atoms with Gasteiger partial charge < -0.3 is 10.6 Å². The van der Waals surface area contributed by atoms with E-state index >= 15 is 0 Å². The number of carbonyl (C=O) groups excluding carboxylic acids is 2. The van der Waals surface area contributed by atoms with E-state index in [-0.39, 0.29) is 29.2 Å². The summed E-state index contributed by atoms with van der Waals surface area (Å²) in [6, 6.07) is 12.6. The second-order valence-electron chi connectivity index (χ2n) is 5.66. The number of aryl methyl sites for hydroxylation is 1. The molecule has 1 heterocycles. The van der Waals surface area contributed by atoms with Crippen molar-refractivity contribution < 1.29 is 9.59 Å². The van der Waals surface area contributed by atoms with Gasteiger partial charge in [0, 0.05) is 11.7 Å². The van der Waals surface area contributed by atoms with Crippen molar-refractivity contribution in [1.29, 1.82) is 0 Å². The van der Waals surface area contributed by atoms with Crippen LogP contribution < -0.4 is 10.6 Å². The van der Waals surface area contributed by atoms with Crippen LogP contribution in [-0.2, 0) is 6.42 Å². The van der Waals surface area contributed by atoms with Crippen LogP contribution in [0.2, 0.25) is 0 Å². The average Bonchev–Trinajstić information content (AvgIpc) is 2.62. The van der Waals surface area contributed by atoms with Gasteiger partial charge in [0.15, 0.2) is 0 Å². The topological polar surface area (TPSA) is 71.1 Å². The second-order valence-corrected chi connectivity index (χ2v) is 5.66. The zero-order valence-corrected chi connectivity index (χ0v) is 14.3. The molecule has 0 aliphatic heterocycles. The summed E-state index contributed by atoms with van der Waals surface area (Å²) in [6.07, 6.45) is 1.65. The fraction of sp³-hybridized carbons (Fsp3) is 0.316. The Morgan fingerprint density at radius 1 is 1.00 bits per heavy atom. The molecule has 0 fully saturated rings. The van der Waals surface area contributed by atoms with E-state index in [0.717, 1.165) is 24.1 Å². The molecule has 126 valence electrons. The third-order valence-corrected chi connectivity index (χ3v) is 3.85. The van der Waals surface area contributed by atoms with Gasteiger partial charge in [-0.1, -0.05) is 38.1 Å². The van der Waals surface area contributed by atoms with Gasteiger partial charge in [0.2, 0.25) is 0 Å². The lowest BCUT2D eigenvalue weighted by molar-refractivity contribution is 0.0934. The summed E-state index contributed by atoms with van der Waals surface area (Å²) in [5, 5.41) is 5.71. The van der Waals surface area contributed by atoms with Crippen LogP contribution in [0.5, 0.6) is 0 Å². The molecule has 1 aromatic heterocycles. The van der Waals surface area contributed by atoms with Gasteiger partial charge in [-0.3, -0.25) is 9.59 Å². The number of amides is 2. The third-order valence-electron chi connectivity index (χ3n) is 3.85. The quantitative estimate of drug-likeness (QED) is 0.855. The Morgan fingerprint density at radius 2 is 1.67 bits per heavy atom. The number of nitrogens with zero attached hydrogens (tertiary/aromatic N) is 1. The van der Waals surface area contributed by atoms with E-state index in [1.807, 2.05) is 45.0 Å². The van der Waals surface area contributed by atoms with Crippen molar-refractivity contribution >= 4 is 17.5 Å². The van der Waals surface area contributed by atoms with Gasteiger partial charge >= 0.3 is 0 Å². The maximum absolute atomic E-state index is 12.4. The summed E-state index contributed by atoms with van der Waals surface area (Å²) in [5.74, 6) is -0.595. The Kier molecular flexibility index (Phi) is 6.07. The molecule has 1 unspecified atom stereocenters. The first-order chi connectivity index (χ1) is 11.5. The van der Waals surface area contributed by atoms with Crippen LogP contribution in [0.25, 0.3) is 0 Å². The summed E-state index contributed by atoms with van der Waals surface area (Å²) in [5.41, 5.74) is 2.28. The van der Waals surface area contributed by atoms with Crippen molar-refractivity contribution in [2.24, 2.45) is 0 Å². The molecule has 24 heavy (non-hydrogen) atoms. The molecular formula is C19H23N3O2. The molecule has 2 amide bonds. The maximum Gasteiger partial charge on any atom is 0.274 e. The minimum atomic E-state index is -0.325. The van der Waals surface area contributed by atoms with Crippen molar-refractivity contribution in [3.63, 3.8) is 0 Å². The molecular weight excluding hydrogens is 302 g/mol. The van der Waals surface area contributed by atoms with E-state index in [2.05, 4.69) is 15.6 Å². The molecule has 1 atom stereocenters. The van der Waals surface area contributed by atoms with Crippen molar-refractivity contribution in [3.05, 3.63) is 59.4 Å². The molecule has 0 radical (unpaired) electrons. The lowest BCUT2D eigenvalue weighted by Gasteiger charge is -2.12. The Morgan fingerprint density at radius 3 is 2.33 bits per heavy atom. The van der Waals surface area contributed by atoms with Gasteiger partial charge in [0.05, 0.1) is 0 Å². The average molecular weight is 325 g/mol. The first-order valence-electron chi connectivity index (χ1n) is 8.22. The maximum atomic E-state index is 12.4. The van der Waals surface area contributed by atoms with Crippen LogP contribution in [0.4, 0.5) is 5.69 Å². The molecule has 0 spiro atoms.